The van der Waals surface area contributed by atoms with Gasteiger partial charge in [-0.3, -0.25) is 24.5 Å². The quantitative estimate of drug-likeness (QED) is 0.104. The van der Waals surface area contributed by atoms with Crippen molar-refractivity contribution in [1.82, 2.24) is 0 Å². The molecule has 1 saturated heterocycles. The summed E-state index contributed by atoms with van der Waals surface area (Å²) >= 11 is 6.16. The number of hydrogen-bond donors (Lipinski definition) is 0. The Morgan fingerprint density at radius 3 is 1.47 bits per heavy atom. The van der Waals surface area contributed by atoms with Crippen LogP contribution in [0.5, 0.6) is 0 Å². The molecule has 2 amide bonds. The molecule has 2 aliphatic carbocycles. The van der Waals surface area contributed by atoms with Crippen LogP contribution in [0.2, 0.25) is 5.02 Å². The normalized spacial score (nSPS) is 24.1. The lowest BCUT2D eigenvalue weighted by molar-refractivity contribution is -0.384. The van der Waals surface area contributed by atoms with Gasteiger partial charge in [0.25, 0.3) is 5.69 Å². The largest absolute Gasteiger partial charge is 0.297 e. The Bertz CT molecular complexity index is 2120. The van der Waals surface area contributed by atoms with Gasteiger partial charge in [0.15, 0.2) is 5.78 Å². The minimum absolute atomic E-state index is 0.0348. The Hall–Kier alpha value is -5.66. The topological polar surface area (TPSA) is 97.6 Å². The van der Waals surface area contributed by atoms with Crippen molar-refractivity contribution in [2.24, 2.45) is 11.8 Å². The van der Waals surface area contributed by atoms with Crippen molar-refractivity contribution in [3.8, 4) is 0 Å². The first-order chi connectivity index (χ1) is 23.6. The second-order valence-corrected chi connectivity index (χ2v) is 13.4. The van der Waals surface area contributed by atoms with E-state index in [4.69, 9.17) is 11.6 Å². The van der Waals surface area contributed by atoms with Crippen molar-refractivity contribution in [3.63, 3.8) is 0 Å². The Balaban J connectivity index is 1.53. The molecule has 0 aromatic heterocycles. The first-order valence-corrected chi connectivity index (χ1v) is 16.4. The van der Waals surface area contributed by atoms with Crippen LogP contribution >= 0.6 is 11.6 Å². The zero-order chi connectivity index (χ0) is 34.2. The number of ketones is 1. The smallest absolute Gasteiger partial charge is 0.289 e. The van der Waals surface area contributed by atoms with E-state index >= 15 is 14.4 Å². The number of carbonyl (C=O) groups excluding carboxylic acids is 3. The van der Waals surface area contributed by atoms with Gasteiger partial charge in [0.05, 0.1) is 33.3 Å². The van der Waals surface area contributed by atoms with Gasteiger partial charge in [0.1, 0.15) is 5.02 Å². The number of nitro groups is 1. The van der Waals surface area contributed by atoms with Crippen LogP contribution in [-0.4, -0.2) is 22.5 Å². The Morgan fingerprint density at radius 2 is 1.06 bits per heavy atom. The number of halogens is 1. The molecule has 7 nitrogen and oxygen atoms in total. The SMILES string of the molecule is Cc1ccc(C2=C(c3ccc(C)cc3)[C@@]3(c4ccccc4)C(=O)[C@@]2(c2ccccc2)[C@H]2C(=O)N(c4ccc(Cl)c([N+](=O)[O-])c4)C(=O)[C@@H]23)cc1. The molecule has 0 unspecified atom stereocenters. The van der Waals surface area contributed by atoms with Gasteiger partial charge in [-0.1, -0.05) is 132 Å². The average Bonchev–Trinajstić information content (AvgIpc) is 3.62. The number of rotatable bonds is 6. The van der Waals surface area contributed by atoms with Crippen LogP contribution in [0, 0.1) is 35.8 Å². The molecule has 4 atom stereocenters. The maximum absolute atomic E-state index is 16.0. The summed E-state index contributed by atoms with van der Waals surface area (Å²) in [6, 6.07) is 38.3. The van der Waals surface area contributed by atoms with Crippen LogP contribution in [-0.2, 0) is 25.2 Å². The maximum atomic E-state index is 16.0. The highest BCUT2D eigenvalue weighted by Gasteiger charge is 2.82. The predicted molar refractivity (Wildman–Crippen MR) is 188 cm³/mol. The van der Waals surface area contributed by atoms with E-state index < -0.39 is 45.1 Å². The second-order valence-electron chi connectivity index (χ2n) is 13.0. The van der Waals surface area contributed by atoms with Crippen molar-refractivity contribution in [2.45, 2.75) is 24.7 Å². The summed E-state index contributed by atoms with van der Waals surface area (Å²) in [4.78, 5) is 58.5. The van der Waals surface area contributed by atoms with Crippen LogP contribution < -0.4 is 4.90 Å². The number of allylic oxidation sites excluding steroid dienone is 2. The van der Waals surface area contributed by atoms with Crippen molar-refractivity contribution < 1.29 is 19.3 Å². The molecule has 1 aliphatic heterocycles. The molecule has 1 saturated carbocycles. The van der Waals surface area contributed by atoms with E-state index in [2.05, 4.69) is 0 Å². The van der Waals surface area contributed by atoms with E-state index in [-0.39, 0.29) is 16.5 Å². The molecule has 5 aromatic rings. The Labute approximate surface area is 287 Å². The number of hydrogen-bond acceptors (Lipinski definition) is 5. The first kappa shape index (κ1) is 30.7. The van der Waals surface area contributed by atoms with Crippen molar-refractivity contribution >= 4 is 51.7 Å². The molecule has 0 radical (unpaired) electrons. The number of nitrogens with zero attached hydrogens (tertiary/aromatic N) is 2. The first-order valence-electron chi connectivity index (χ1n) is 16.0. The van der Waals surface area contributed by atoms with Crippen molar-refractivity contribution in [2.75, 3.05) is 4.90 Å². The summed E-state index contributed by atoms with van der Waals surface area (Å²) in [5, 5.41) is 11.8. The minimum atomic E-state index is -1.57. The number of anilines is 1. The zero-order valence-electron chi connectivity index (χ0n) is 26.6. The van der Waals surface area contributed by atoms with E-state index in [1.54, 1.807) is 0 Å². The molecule has 0 N–H and O–H groups in total. The number of fused-ring (bicyclic) bond motifs is 5. The van der Waals surface area contributed by atoms with Crippen LogP contribution in [0.3, 0.4) is 0 Å². The molecule has 0 spiro atoms. The molecule has 5 aromatic carbocycles. The summed E-state index contributed by atoms with van der Waals surface area (Å²) in [7, 11) is 0. The number of imide groups is 1. The summed E-state index contributed by atoms with van der Waals surface area (Å²) in [6.07, 6.45) is 0. The lowest BCUT2D eigenvalue weighted by Gasteiger charge is -2.39. The van der Waals surface area contributed by atoms with E-state index in [0.717, 1.165) is 33.2 Å². The Morgan fingerprint density at radius 1 is 0.633 bits per heavy atom. The molecule has 2 bridgehead atoms. The highest BCUT2D eigenvalue weighted by atomic mass is 35.5. The fourth-order valence-corrected chi connectivity index (χ4v) is 8.79. The van der Waals surface area contributed by atoms with E-state index in [9.17, 15) is 10.1 Å². The third kappa shape index (κ3) is 3.99. The number of aryl methyl sites for hydroxylation is 2. The number of nitro benzene ring substituents is 1. The fourth-order valence-electron chi connectivity index (χ4n) is 8.60. The van der Waals surface area contributed by atoms with Gasteiger partial charge in [-0.25, -0.2) is 4.90 Å². The number of amides is 2. The molecule has 3 aliphatic rings. The van der Waals surface area contributed by atoms with Gasteiger partial charge in [0.2, 0.25) is 11.8 Å². The number of benzene rings is 5. The molecular formula is C41H29ClN2O5. The average molecular weight is 665 g/mol. The molecule has 240 valence electrons. The van der Waals surface area contributed by atoms with Crippen molar-refractivity contribution in [3.05, 3.63) is 176 Å². The van der Waals surface area contributed by atoms with Gasteiger partial charge < -0.3 is 0 Å². The second kappa shape index (κ2) is 10.9. The molecule has 8 rings (SSSR count). The lowest BCUT2D eigenvalue weighted by Crippen LogP contribution is -2.45. The van der Waals surface area contributed by atoms with Crippen LogP contribution in [0.4, 0.5) is 11.4 Å². The summed E-state index contributed by atoms with van der Waals surface area (Å²) in [6.45, 7) is 3.98. The van der Waals surface area contributed by atoms with Crippen LogP contribution in [0.25, 0.3) is 11.1 Å². The lowest BCUT2D eigenvalue weighted by atomic mass is 9.59. The van der Waals surface area contributed by atoms with E-state index in [0.29, 0.717) is 22.3 Å². The van der Waals surface area contributed by atoms with Crippen molar-refractivity contribution in [1.29, 1.82) is 0 Å². The molecule has 8 heteroatoms. The van der Waals surface area contributed by atoms with Gasteiger partial charge in [0, 0.05) is 6.07 Å². The van der Waals surface area contributed by atoms with Gasteiger partial charge in [-0.05, 0) is 59.4 Å². The minimum Gasteiger partial charge on any atom is -0.297 e. The zero-order valence-corrected chi connectivity index (χ0v) is 27.3. The van der Waals surface area contributed by atoms with Gasteiger partial charge in [-0.2, -0.15) is 0 Å². The summed E-state index contributed by atoms with van der Waals surface area (Å²) in [5.41, 5.74) is 2.65. The maximum Gasteiger partial charge on any atom is 0.289 e. The Kier molecular flexibility index (Phi) is 6.84. The van der Waals surface area contributed by atoms with E-state index in [1.165, 1.54) is 12.1 Å². The predicted octanol–water partition coefficient (Wildman–Crippen LogP) is 8.05. The number of Topliss-reactive ketones (excluding diaryl/α,β-unsaturated/α-hetero) is 1. The standard InChI is InChI=1S/C41H29ClN2O5/c1-24-13-17-26(18-14-24)33-34(27-19-15-25(2)16-20-27)41(29-11-7-4-8-12-29)36-35(40(33,39(41)47)28-9-5-3-6-10-28)37(45)43(38(36)46)30-21-22-31(42)32(23-30)44(48)49/h3-23,35-36H,1-2H3/t35-,36-,40-,41-/m1/s1. The highest BCUT2D eigenvalue weighted by molar-refractivity contribution is 6.39. The monoisotopic (exact) mass is 664 g/mol. The molecule has 2 fully saturated rings. The van der Waals surface area contributed by atoms with Crippen LogP contribution in [0.1, 0.15) is 33.4 Å². The third-order valence-corrected chi connectivity index (χ3v) is 10.8. The highest BCUT2D eigenvalue weighted by Crippen LogP contribution is 2.74. The van der Waals surface area contributed by atoms with E-state index in [1.807, 2.05) is 123 Å². The summed E-state index contributed by atoms with van der Waals surface area (Å²) < 4.78 is 0. The third-order valence-electron chi connectivity index (χ3n) is 10.5. The fraction of sp³-hybridized carbons (Fsp3) is 0.146. The van der Waals surface area contributed by atoms with Gasteiger partial charge >= 0.3 is 0 Å². The van der Waals surface area contributed by atoms with Crippen LogP contribution in [0.15, 0.2) is 127 Å². The molecule has 1 heterocycles. The molecular weight excluding hydrogens is 636 g/mol. The summed E-state index contributed by atoms with van der Waals surface area (Å²) in [5.74, 6) is -3.70. The van der Waals surface area contributed by atoms with Gasteiger partial charge in [-0.15, -0.1) is 0 Å². The number of carbonyl (C=O) groups is 3. The molecule has 49 heavy (non-hydrogen) atoms.